The van der Waals surface area contributed by atoms with E-state index in [1.165, 1.54) is 48.1 Å². The van der Waals surface area contributed by atoms with Crippen LogP contribution in [0.2, 0.25) is 0 Å². The summed E-state index contributed by atoms with van der Waals surface area (Å²) in [6.45, 7) is 6.94. The zero-order chi connectivity index (χ0) is 13.1. The Labute approximate surface area is 119 Å². The molecule has 1 aromatic carbocycles. The Kier molecular flexibility index (Phi) is 4.16. The molecule has 1 aliphatic rings. The predicted molar refractivity (Wildman–Crippen MR) is 83.8 cm³/mol. The summed E-state index contributed by atoms with van der Waals surface area (Å²) in [7, 11) is 0. The number of nitrogens with zero attached hydrogens (tertiary/aromatic N) is 1. The minimum absolute atomic E-state index is 0.660. The molecule has 1 aromatic heterocycles. The van der Waals surface area contributed by atoms with Crippen molar-refractivity contribution >= 4 is 21.4 Å². The molecule has 1 N–H and O–H groups in total. The second-order valence-corrected chi connectivity index (χ2v) is 6.32. The summed E-state index contributed by atoms with van der Waals surface area (Å²) < 4.78 is 1.41. The SMILES string of the molecule is CCC1CN(Cc2csc3ccccc23)CCCN1. The van der Waals surface area contributed by atoms with Gasteiger partial charge in [-0.1, -0.05) is 25.1 Å². The van der Waals surface area contributed by atoms with Crippen molar-refractivity contribution in [2.75, 3.05) is 19.6 Å². The average Bonchev–Trinajstić information content (AvgIpc) is 2.70. The molecule has 0 aliphatic carbocycles. The quantitative estimate of drug-likeness (QED) is 0.922. The first-order valence-electron chi connectivity index (χ1n) is 7.27. The Morgan fingerprint density at radius 2 is 2.26 bits per heavy atom. The van der Waals surface area contributed by atoms with E-state index < -0.39 is 0 Å². The largest absolute Gasteiger partial charge is 0.313 e. The molecule has 102 valence electrons. The molecule has 0 radical (unpaired) electrons. The van der Waals surface area contributed by atoms with E-state index in [2.05, 4.69) is 46.8 Å². The second kappa shape index (κ2) is 6.04. The van der Waals surface area contributed by atoms with Crippen molar-refractivity contribution in [3.05, 3.63) is 35.2 Å². The molecule has 0 saturated carbocycles. The van der Waals surface area contributed by atoms with Crippen LogP contribution < -0.4 is 5.32 Å². The number of fused-ring (bicyclic) bond motifs is 1. The van der Waals surface area contributed by atoms with Gasteiger partial charge >= 0.3 is 0 Å². The van der Waals surface area contributed by atoms with Crippen LogP contribution in [-0.2, 0) is 6.54 Å². The van der Waals surface area contributed by atoms with Crippen LogP contribution in [0.3, 0.4) is 0 Å². The van der Waals surface area contributed by atoms with Crippen LogP contribution >= 0.6 is 11.3 Å². The van der Waals surface area contributed by atoms with E-state index in [9.17, 15) is 0 Å². The first kappa shape index (κ1) is 13.1. The van der Waals surface area contributed by atoms with Gasteiger partial charge in [0.15, 0.2) is 0 Å². The maximum Gasteiger partial charge on any atom is 0.0346 e. The molecule has 2 heterocycles. The van der Waals surface area contributed by atoms with Crippen LogP contribution in [0.1, 0.15) is 25.3 Å². The smallest absolute Gasteiger partial charge is 0.0346 e. The average molecular weight is 274 g/mol. The summed E-state index contributed by atoms with van der Waals surface area (Å²) in [5, 5.41) is 7.42. The van der Waals surface area contributed by atoms with Crippen molar-refractivity contribution < 1.29 is 0 Å². The first-order chi connectivity index (χ1) is 9.36. The highest BCUT2D eigenvalue weighted by Gasteiger charge is 2.17. The lowest BCUT2D eigenvalue weighted by molar-refractivity contribution is 0.258. The second-order valence-electron chi connectivity index (χ2n) is 5.41. The molecule has 2 nitrogen and oxygen atoms in total. The van der Waals surface area contributed by atoms with E-state index in [1.807, 2.05) is 11.3 Å². The zero-order valence-electron chi connectivity index (χ0n) is 11.6. The van der Waals surface area contributed by atoms with Gasteiger partial charge in [0.2, 0.25) is 0 Å². The van der Waals surface area contributed by atoms with Gasteiger partial charge < -0.3 is 5.32 Å². The molecular formula is C16H22N2S. The fraction of sp³-hybridized carbons (Fsp3) is 0.500. The molecule has 3 rings (SSSR count). The topological polar surface area (TPSA) is 15.3 Å². The lowest BCUT2D eigenvalue weighted by Gasteiger charge is -2.23. The molecule has 1 saturated heterocycles. The molecule has 0 bridgehead atoms. The number of hydrogen-bond donors (Lipinski definition) is 1. The Balaban J connectivity index is 1.76. The van der Waals surface area contributed by atoms with Crippen molar-refractivity contribution in [3.63, 3.8) is 0 Å². The van der Waals surface area contributed by atoms with Crippen LogP contribution in [0.15, 0.2) is 29.6 Å². The first-order valence-corrected chi connectivity index (χ1v) is 8.15. The molecule has 1 aliphatic heterocycles. The highest BCUT2D eigenvalue weighted by molar-refractivity contribution is 7.17. The Morgan fingerprint density at radius 3 is 3.16 bits per heavy atom. The predicted octanol–water partition coefficient (Wildman–Crippen LogP) is 3.48. The fourth-order valence-electron chi connectivity index (χ4n) is 2.89. The van der Waals surface area contributed by atoms with Gasteiger partial charge in [-0.3, -0.25) is 4.90 Å². The maximum absolute atomic E-state index is 3.64. The normalized spacial score (nSPS) is 21.6. The summed E-state index contributed by atoms with van der Waals surface area (Å²) in [6, 6.07) is 9.42. The van der Waals surface area contributed by atoms with Gasteiger partial charge in [0, 0.05) is 23.8 Å². The van der Waals surface area contributed by atoms with Gasteiger partial charge in [-0.05, 0) is 48.3 Å². The van der Waals surface area contributed by atoms with Gasteiger partial charge in [-0.25, -0.2) is 0 Å². The van der Waals surface area contributed by atoms with Gasteiger partial charge in [0.05, 0.1) is 0 Å². The zero-order valence-corrected chi connectivity index (χ0v) is 12.4. The van der Waals surface area contributed by atoms with Crippen molar-refractivity contribution in [2.24, 2.45) is 0 Å². The van der Waals surface area contributed by atoms with Crippen LogP contribution in [0.5, 0.6) is 0 Å². The molecule has 1 unspecified atom stereocenters. The minimum Gasteiger partial charge on any atom is -0.313 e. The number of thiophene rings is 1. The van der Waals surface area contributed by atoms with Crippen molar-refractivity contribution in [1.29, 1.82) is 0 Å². The third-order valence-electron chi connectivity index (χ3n) is 4.01. The molecule has 1 atom stereocenters. The summed E-state index contributed by atoms with van der Waals surface area (Å²) >= 11 is 1.87. The van der Waals surface area contributed by atoms with Crippen LogP contribution in [0.25, 0.3) is 10.1 Å². The van der Waals surface area contributed by atoms with E-state index in [0.717, 1.165) is 6.54 Å². The van der Waals surface area contributed by atoms with Gasteiger partial charge in [0.1, 0.15) is 0 Å². The highest BCUT2D eigenvalue weighted by Crippen LogP contribution is 2.26. The molecule has 19 heavy (non-hydrogen) atoms. The lowest BCUT2D eigenvalue weighted by atomic mass is 10.1. The maximum atomic E-state index is 3.64. The van der Waals surface area contributed by atoms with E-state index in [0.29, 0.717) is 6.04 Å². The minimum atomic E-state index is 0.660. The van der Waals surface area contributed by atoms with E-state index in [4.69, 9.17) is 0 Å². The molecule has 3 heteroatoms. The molecule has 0 amide bonds. The third kappa shape index (κ3) is 2.99. The van der Waals surface area contributed by atoms with Crippen molar-refractivity contribution in [1.82, 2.24) is 10.2 Å². The van der Waals surface area contributed by atoms with E-state index in [1.54, 1.807) is 0 Å². The standard InChI is InChI=1S/C16H22N2S/c1-2-14-11-18(9-5-8-17-14)10-13-12-19-16-7-4-3-6-15(13)16/h3-4,6-7,12,14,17H,2,5,8-11H2,1H3. The summed E-state index contributed by atoms with van der Waals surface area (Å²) in [5.74, 6) is 0. The van der Waals surface area contributed by atoms with E-state index >= 15 is 0 Å². The number of nitrogens with one attached hydrogen (secondary N) is 1. The Hall–Kier alpha value is -0.900. The molecule has 0 spiro atoms. The third-order valence-corrected chi connectivity index (χ3v) is 5.02. The number of hydrogen-bond acceptors (Lipinski definition) is 3. The van der Waals surface area contributed by atoms with Crippen LogP contribution in [0, 0.1) is 0 Å². The molecule has 2 aromatic rings. The Morgan fingerprint density at radius 1 is 1.37 bits per heavy atom. The number of benzene rings is 1. The number of rotatable bonds is 3. The molecule has 1 fully saturated rings. The van der Waals surface area contributed by atoms with Crippen molar-refractivity contribution in [2.45, 2.75) is 32.4 Å². The summed E-state index contributed by atoms with van der Waals surface area (Å²) in [5.41, 5.74) is 1.50. The van der Waals surface area contributed by atoms with Gasteiger partial charge in [-0.2, -0.15) is 0 Å². The van der Waals surface area contributed by atoms with Gasteiger partial charge in [-0.15, -0.1) is 11.3 Å². The van der Waals surface area contributed by atoms with Crippen LogP contribution in [0.4, 0.5) is 0 Å². The van der Waals surface area contributed by atoms with Crippen LogP contribution in [-0.4, -0.2) is 30.6 Å². The monoisotopic (exact) mass is 274 g/mol. The lowest BCUT2D eigenvalue weighted by Crippen LogP contribution is -2.36. The van der Waals surface area contributed by atoms with E-state index in [-0.39, 0.29) is 0 Å². The van der Waals surface area contributed by atoms with Crippen molar-refractivity contribution in [3.8, 4) is 0 Å². The fourth-order valence-corrected chi connectivity index (χ4v) is 3.84. The molecular weight excluding hydrogens is 252 g/mol. The summed E-state index contributed by atoms with van der Waals surface area (Å²) in [6.07, 6.45) is 2.49. The Bertz CT molecular complexity index is 534. The van der Waals surface area contributed by atoms with Gasteiger partial charge in [0.25, 0.3) is 0 Å². The highest BCUT2D eigenvalue weighted by atomic mass is 32.1. The summed E-state index contributed by atoms with van der Waals surface area (Å²) in [4.78, 5) is 2.61.